The number of rotatable bonds is 5. The van der Waals surface area contributed by atoms with Crippen LogP contribution in [-0.2, 0) is 6.42 Å². The van der Waals surface area contributed by atoms with Crippen LogP contribution in [0.5, 0.6) is 0 Å². The molecule has 0 aliphatic carbocycles. The number of carbonyl (C=O) groups is 1. The second-order valence-electron chi connectivity index (χ2n) is 5.70. The van der Waals surface area contributed by atoms with Crippen LogP contribution in [0.25, 0.3) is 0 Å². The van der Waals surface area contributed by atoms with Gasteiger partial charge in [-0.25, -0.2) is 0 Å². The monoisotopic (exact) mass is 281 g/mol. The molecule has 2 heteroatoms. The third-order valence-electron chi connectivity index (χ3n) is 3.86. The largest absolute Gasteiger partial charge is 0.350 e. The summed E-state index contributed by atoms with van der Waals surface area (Å²) < 4.78 is 0. The van der Waals surface area contributed by atoms with Gasteiger partial charge in [0.15, 0.2) is 0 Å². The summed E-state index contributed by atoms with van der Waals surface area (Å²) in [5, 5.41) is 3.07. The highest BCUT2D eigenvalue weighted by molar-refractivity contribution is 5.94. The summed E-state index contributed by atoms with van der Waals surface area (Å²) in [4.78, 5) is 12.2. The molecule has 0 aromatic heterocycles. The minimum atomic E-state index is 0.0126. The Morgan fingerprint density at radius 3 is 2.43 bits per heavy atom. The van der Waals surface area contributed by atoms with E-state index in [1.165, 1.54) is 11.1 Å². The van der Waals surface area contributed by atoms with E-state index in [-0.39, 0.29) is 11.9 Å². The quantitative estimate of drug-likeness (QED) is 0.880. The number of amides is 1. The molecule has 0 unspecified atom stereocenters. The maximum Gasteiger partial charge on any atom is 0.251 e. The number of hydrogen-bond donors (Lipinski definition) is 1. The molecule has 0 fully saturated rings. The molecule has 2 rings (SSSR count). The van der Waals surface area contributed by atoms with Crippen LogP contribution < -0.4 is 5.32 Å². The van der Waals surface area contributed by atoms with Gasteiger partial charge >= 0.3 is 0 Å². The predicted octanol–water partition coefficient (Wildman–Crippen LogP) is 4.05. The first-order chi connectivity index (χ1) is 10.1. The minimum absolute atomic E-state index is 0.0126. The van der Waals surface area contributed by atoms with Crippen LogP contribution in [0.2, 0.25) is 0 Å². The number of aryl methyl sites for hydroxylation is 3. The van der Waals surface area contributed by atoms with Gasteiger partial charge in [0, 0.05) is 11.6 Å². The molecule has 0 radical (unpaired) electrons. The van der Waals surface area contributed by atoms with Crippen LogP contribution in [0.15, 0.2) is 48.5 Å². The summed E-state index contributed by atoms with van der Waals surface area (Å²) in [6, 6.07) is 16.4. The molecule has 110 valence electrons. The molecule has 0 aliphatic rings. The van der Waals surface area contributed by atoms with Crippen LogP contribution in [0.4, 0.5) is 0 Å². The molecule has 21 heavy (non-hydrogen) atoms. The lowest BCUT2D eigenvalue weighted by atomic mass is 10.0. The van der Waals surface area contributed by atoms with Gasteiger partial charge in [-0.1, -0.05) is 36.4 Å². The predicted molar refractivity (Wildman–Crippen MR) is 87.6 cm³/mol. The number of hydrogen-bond acceptors (Lipinski definition) is 1. The van der Waals surface area contributed by atoms with E-state index in [4.69, 9.17) is 0 Å². The van der Waals surface area contributed by atoms with Crippen LogP contribution in [-0.4, -0.2) is 11.9 Å². The van der Waals surface area contributed by atoms with Crippen molar-refractivity contribution in [3.63, 3.8) is 0 Å². The van der Waals surface area contributed by atoms with Crippen LogP contribution in [0, 0.1) is 13.8 Å². The third kappa shape index (κ3) is 4.45. The molecule has 0 spiro atoms. The SMILES string of the molecule is Cc1ccc(C(=O)N[C@H](C)CCc2ccccc2)cc1C. The number of nitrogens with one attached hydrogen (secondary N) is 1. The van der Waals surface area contributed by atoms with Crippen LogP contribution in [0.1, 0.15) is 40.4 Å². The average Bonchev–Trinajstić information content (AvgIpc) is 2.49. The van der Waals surface area contributed by atoms with Gasteiger partial charge in [-0.05, 0) is 62.4 Å². The lowest BCUT2D eigenvalue weighted by Gasteiger charge is -2.14. The second-order valence-corrected chi connectivity index (χ2v) is 5.70. The second kappa shape index (κ2) is 7.07. The summed E-state index contributed by atoms with van der Waals surface area (Å²) >= 11 is 0. The first-order valence-corrected chi connectivity index (χ1v) is 7.48. The normalized spacial score (nSPS) is 12.0. The molecule has 0 aliphatic heterocycles. The van der Waals surface area contributed by atoms with Gasteiger partial charge in [-0.15, -0.1) is 0 Å². The summed E-state index contributed by atoms with van der Waals surface area (Å²) in [7, 11) is 0. The Labute approximate surface area is 127 Å². The van der Waals surface area contributed by atoms with Crippen molar-refractivity contribution in [3.05, 3.63) is 70.8 Å². The third-order valence-corrected chi connectivity index (χ3v) is 3.86. The van der Waals surface area contributed by atoms with E-state index in [1.54, 1.807) is 0 Å². The molecule has 0 saturated heterocycles. The highest BCUT2D eigenvalue weighted by Crippen LogP contribution is 2.11. The molecule has 2 aromatic rings. The van der Waals surface area contributed by atoms with Crippen molar-refractivity contribution in [1.29, 1.82) is 0 Å². The molecule has 0 bridgehead atoms. The van der Waals surface area contributed by atoms with E-state index in [1.807, 2.05) is 43.3 Å². The Hall–Kier alpha value is -2.09. The van der Waals surface area contributed by atoms with Crippen LogP contribution >= 0.6 is 0 Å². The zero-order valence-corrected chi connectivity index (χ0v) is 13.0. The lowest BCUT2D eigenvalue weighted by Crippen LogP contribution is -2.32. The van der Waals surface area contributed by atoms with E-state index < -0.39 is 0 Å². The number of carbonyl (C=O) groups excluding carboxylic acids is 1. The van der Waals surface area contributed by atoms with E-state index in [9.17, 15) is 4.79 Å². The van der Waals surface area contributed by atoms with Crippen LogP contribution in [0.3, 0.4) is 0 Å². The zero-order valence-electron chi connectivity index (χ0n) is 13.0. The van der Waals surface area contributed by atoms with E-state index in [2.05, 4.69) is 31.3 Å². The smallest absolute Gasteiger partial charge is 0.251 e. The molecule has 2 aromatic carbocycles. The number of benzene rings is 2. The van der Waals surface area contributed by atoms with Crippen molar-refractivity contribution < 1.29 is 4.79 Å². The van der Waals surface area contributed by atoms with Gasteiger partial charge in [0.2, 0.25) is 0 Å². The Morgan fingerprint density at radius 2 is 1.76 bits per heavy atom. The molecule has 1 atom stereocenters. The summed E-state index contributed by atoms with van der Waals surface area (Å²) in [6.45, 7) is 6.15. The molecule has 0 saturated carbocycles. The van der Waals surface area contributed by atoms with E-state index >= 15 is 0 Å². The molecule has 1 N–H and O–H groups in total. The Balaban J connectivity index is 1.88. The van der Waals surface area contributed by atoms with Gasteiger partial charge in [-0.3, -0.25) is 4.79 Å². The summed E-state index contributed by atoms with van der Waals surface area (Å²) in [6.07, 6.45) is 1.93. The highest BCUT2D eigenvalue weighted by atomic mass is 16.1. The van der Waals surface area contributed by atoms with Crippen molar-refractivity contribution in [3.8, 4) is 0 Å². The topological polar surface area (TPSA) is 29.1 Å². The van der Waals surface area contributed by atoms with Gasteiger partial charge in [0.1, 0.15) is 0 Å². The molecular weight excluding hydrogens is 258 g/mol. The Bertz CT molecular complexity index is 604. The maximum atomic E-state index is 12.2. The Morgan fingerprint density at radius 1 is 1.05 bits per heavy atom. The van der Waals surface area contributed by atoms with E-state index in [0.29, 0.717) is 0 Å². The zero-order chi connectivity index (χ0) is 15.2. The fourth-order valence-electron chi connectivity index (χ4n) is 2.29. The molecule has 1 amide bonds. The van der Waals surface area contributed by atoms with Crippen molar-refractivity contribution >= 4 is 5.91 Å². The van der Waals surface area contributed by atoms with E-state index in [0.717, 1.165) is 24.0 Å². The average molecular weight is 281 g/mol. The van der Waals surface area contributed by atoms with Gasteiger partial charge in [-0.2, -0.15) is 0 Å². The first-order valence-electron chi connectivity index (χ1n) is 7.48. The Kier molecular flexibility index (Phi) is 5.15. The van der Waals surface area contributed by atoms with Crippen molar-refractivity contribution in [2.24, 2.45) is 0 Å². The van der Waals surface area contributed by atoms with Gasteiger partial charge < -0.3 is 5.32 Å². The van der Waals surface area contributed by atoms with Crippen molar-refractivity contribution in [2.75, 3.05) is 0 Å². The van der Waals surface area contributed by atoms with Crippen molar-refractivity contribution in [1.82, 2.24) is 5.32 Å². The standard InChI is InChI=1S/C19H23NO/c1-14-9-12-18(13-15(14)2)19(21)20-16(3)10-11-17-7-5-4-6-8-17/h4-9,12-13,16H,10-11H2,1-3H3,(H,20,21)/t16-/m1/s1. The molecule has 0 heterocycles. The van der Waals surface area contributed by atoms with Gasteiger partial charge in [0.05, 0.1) is 0 Å². The summed E-state index contributed by atoms with van der Waals surface area (Å²) in [5.74, 6) is 0.0126. The summed E-state index contributed by atoms with van der Waals surface area (Å²) in [5.41, 5.74) is 4.41. The van der Waals surface area contributed by atoms with Crippen molar-refractivity contribution in [2.45, 2.75) is 39.7 Å². The lowest BCUT2D eigenvalue weighted by molar-refractivity contribution is 0.0938. The fraction of sp³-hybridized carbons (Fsp3) is 0.316. The molecule has 2 nitrogen and oxygen atoms in total. The minimum Gasteiger partial charge on any atom is -0.350 e. The van der Waals surface area contributed by atoms with Gasteiger partial charge in [0.25, 0.3) is 5.91 Å². The maximum absolute atomic E-state index is 12.2. The fourth-order valence-corrected chi connectivity index (χ4v) is 2.29. The first kappa shape index (κ1) is 15.3. The molecular formula is C19H23NO. The highest BCUT2D eigenvalue weighted by Gasteiger charge is 2.10.